The summed E-state index contributed by atoms with van der Waals surface area (Å²) in [4.78, 5) is 38.2. The van der Waals surface area contributed by atoms with E-state index in [4.69, 9.17) is 14.2 Å². The summed E-state index contributed by atoms with van der Waals surface area (Å²) >= 11 is 0. The highest BCUT2D eigenvalue weighted by molar-refractivity contribution is 5.71. The number of carbonyl (C=O) groups is 3. The Labute approximate surface area is 421 Å². The summed E-state index contributed by atoms with van der Waals surface area (Å²) in [6, 6.07) is 0. The highest BCUT2D eigenvalue weighted by Crippen LogP contribution is 2.16. The van der Waals surface area contributed by atoms with Crippen molar-refractivity contribution in [2.75, 3.05) is 13.2 Å². The van der Waals surface area contributed by atoms with E-state index in [2.05, 4.69) is 81.5 Å². The normalized spacial score (nSPS) is 12.5. The molecule has 0 aliphatic carbocycles. The third-order valence-corrected chi connectivity index (χ3v) is 12.8. The Bertz CT molecular complexity index is 1230. The van der Waals surface area contributed by atoms with E-state index < -0.39 is 6.10 Å². The number of rotatable bonds is 53. The molecule has 6 heteroatoms. The molecular weight excluding hydrogens is 841 g/mol. The lowest BCUT2D eigenvalue weighted by molar-refractivity contribution is -0.167. The summed E-state index contributed by atoms with van der Waals surface area (Å²) in [5.41, 5.74) is 0. The second-order valence-electron chi connectivity index (χ2n) is 19.6. The van der Waals surface area contributed by atoms with Crippen LogP contribution >= 0.6 is 0 Å². The average Bonchev–Trinajstić information content (AvgIpc) is 3.34. The molecule has 0 aromatic rings. The summed E-state index contributed by atoms with van der Waals surface area (Å²) in [6.45, 7) is 6.52. The predicted molar refractivity (Wildman–Crippen MR) is 293 cm³/mol. The molecule has 0 rings (SSSR count). The van der Waals surface area contributed by atoms with E-state index in [0.29, 0.717) is 19.3 Å². The van der Waals surface area contributed by atoms with Gasteiger partial charge < -0.3 is 14.2 Å². The van der Waals surface area contributed by atoms with Crippen LogP contribution in [0.25, 0.3) is 0 Å². The Morgan fingerprint density at radius 1 is 0.324 bits per heavy atom. The van der Waals surface area contributed by atoms with Gasteiger partial charge in [-0.2, -0.15) is 0 Å². The van der Waals surface area contributed by atoms with Gasteiger partial charge in [0.1, 0.15) is 13.2 Å². The molecule has 0 N–H and O–H groups in total. The molecule has 0 spiro atoms. The lowest BCUT2D eigenvalue weighted by atomic mass is 10.0. The van der Waals surface area contributed by atoms with Crippen molar-refractivity contribution in [1.82, 2.24) is 0 Å². The van der Waals surface area contributed by atoms with Crippen molar-refractivity contribution in [2.45, 2.75) is 303 Å². The molecule has 394 valence electrons. The maximum absolute atomic E-state index is 12.9. The van der Waals surface area contributed by atoms with Crippen molar-refractivity contribution in [3.05, 3.63) is 60.8 Å². The third-order valence-electron chi connectivity index (χ3n) is 12.8. The summed E-state index contributed by atoms with van der Waals surface area (Å²) in [5.74, 6) is -0.913. The number of hydrogen-bond donors (Lipinski definition) is 0. The predicted octanol–water partition coefficient (Wildman–Crippen LogP) is 19.6. The summed E-state index contributed by atoms with van der Waals surface area (Å²) in [7, 11) is 0. The zero-order valence-electron chi connectivity index (χ0n) is 45.1. The standard InChI is InChI=1S/C62H110O6/c1-4-7-10-13-16-19-22-25-28-31-32-35-37-40-43-46-49-52-55-61(64)67-58-59(68-62(65)56-53-50-47-44-41-38-34-30-27-24-21-18-15-12-9-6-3)57-66-60(63)54-51-48-45-42-39-36-33-29-26-23-20-17-14-11-8-5-2/h9,12,18,21,27,29-30,33,36,39,59H,4-8,10-11,13-17,19-20,22-26,28,31-32,34-35,37-38,40-58H2,1-3H3/b12-9-,21-18-,30-27-,33-29-,39-36-. The largest absolute Gasteiger partial charge is 0.462 e. The molecule has 0 aromatic heterocycles. The Balaban J connectivity index is 4.40. The quantitative estimate of drug-likeness (QED) is 0.0199. The molecule has 0 radical (unpaired) electrons. The summed E-state index contributed by atoms with van der Waals surface area (Å²) in [6.07, 6.45) is 70.7. The molecule has 0 saturated carbocycles. The fourth-order valence-electron chi connectivity index (χ4n) is 8.39. The minimum absolute atomic E-state index is 0.0856. The third kappa shape index (κ3) is 54.1. The zero-order chi connectivity index (χ0) is 49.3. The number of allylic oxidation sites excluding steroid dienone is 10. The van der Waals surface area contributed by atoms with Crippen molar-refractivity contribution in [1.29, 1.82) is 0 Å². The lowest BCUT2D eigenvalue weighted by Crippen LogP contribution is -2.30. The van der Waals surface area contributed by atoms with Crippen LogP contribution in [0.1, 0.15) is 297 Å². The van der Waals surface area contributed by atoms with Crippen LogP contribution in [0, 0.1) is 0 Å². The van der Waals surface area contributed by atoms with Gasteiger partial charge in [-0.3, -0.25) is 14.4 Å². The van der Waals surface area contributed by atoms with E-state index in [-0.39, 0.29) is 31.1 Å². The van der Waals surface area contributed by atoms with Gasteiger partial charge in [-0.05, 0) is 77.0 Å². The molecule has 0 heterocycles. The van der Waals surface area contributed by atoms with Crippen LogP contribution < -0.4 is 0 Å². The van der Waals surface area contributed by atoms with Gasteiger partial charge >= 0.3 is 17.9 Å². The van der Waals surface area contributed by atoms with Crippen LogP contribution in [-0.2, 0) is 28.6 Å². The van der Waals surface area contributed by atoms with E-state index in [9.17, 15) is 14.4 Å². The Hall–Kier alpha value is -2.89. The fourth-order valence-corrected chi connectivity index (χ4v) is 8.39. The monoisotopic (exact) mass is 951 g/mol. The first-order valence-electron chi connectivity index (χ1n) is 29.3. The first-order valence-corrected chi connectivity index (χ1v) is 29.3. The van der Waals surface area contributed by atoms with E-state index in [0.717, 1.165) is 103 Å². The number of esters is 3. The molecule has 1 atom stereocenters. The zero-order valence-corrected chi connectivity index (χ0v) is 45.1. The molecule has 68 heavy (non-hydrogen) atoms. The van der Waals surface area contributed by atoms with E-state index >= 15 is 0 Å². The molecule has 1 unspecified atom stereocenters. The van der Waals surface area contributed by atoms with Crippen molar-refractivity contribution < 1.29 is 28.6 Å². The highest BCUT2D eigenvalue weighted by Gasteiger charge is 2.19. The Morgan fingerprint density at radius 2 is 0.618 bits per heavy atom. The van der Waals surface area contributed by atoms with Crippen LogP contribution in [0.2, 0.25) is 0 Å². The van der Waals surface area contributed by atoms with Crippen molar-refractivity contribution >= 4 is 17.9 Å². The number of hydrogen-bond acceptors (Lipinski definition) is 6. The van der Waals surface area contributed by atoms with Crippen LogP contribution in [0.5, 0.6) is 0 Å². The van der Waals surface area contributed by atoms with Gasteiger partial charge in [-0.15, -0.1) is 0 Å². The smallest absolute Gasteiger partial charge is 0.306 e. The second kappa shape index (κ2) is 56.7. The summed E-state index contributed by atoms with van der Waals surface area (Å²) in [5, 5.41) is 0. The van der Waals surface area contributed by atoms with E-state index in [1.54, 1.807) is 0 Å². The van der Waals surface area contributed by atoms with Gasteiger partial charge in [0.05, 0.1) is 0 Å². The molecule has 0 amide bonds. The highest BCUT2D eigenvalue weighted by atomic mass is 16.6. The molecule has 0 aliphatic heterocycles. The minimum Gasteiger partial charge on any atom is -0.462 e. The maximum atomic E-state index is 12.9. The molecule has 0 aromatic carbocycles. The molecule has 0 bridgehead atoms. The van der Waals surface area contributed by atoms with Gasteiger partial charge in [0.25, 0.3) is 0 Å². The first-order chi connectivity index (χ1) is 33.5. The van der Waals surface area contributed by atoms with Gasteiger partial charge in [0.2, 0.25) is 0 Å². The van der Waals surface area contributed by atoms with Crippen LogP contribution in [-0.4, -0.2) is 37.2 Å². The van der Waals surface area contributed by atoms with Gasteiger partial charge in [0, 0.05) is 19.3 Å². The van der Waals surface area contributed by atoms with Crippen LogP contribution in [0.3, 0.4) is 0 Å². The Kier molecular flexibility index (Phi) is 54.3. The van der Waals surface area contributed by atoms with Crippen molar-refractivity contribution in [3.8, 4) is 0 Å². The fraction of sp³-hybridized carbons (Fsp3) is 0.790. The minimum atomic E-state index is -0.791. The van der Waals surface area contributed by atoms with Crippen LogP contribution in [0.4, 0.5) is 0 Å². The second-order valence-corrected chi connectivity index (χ2v) is 19.6. The summed E-state index contributed by atoms with van der Waals surface area (Å²) < 4.78 is 16.9. The SMILES string of the molecule is CC/C=C\C/C=C\C/C=C\CCCCCCCCC(=O)OC(COC(=O)CCCCC/C=C\C=C/CCCCCCCCC)COC(=O)CCCCCCCCCCCCCCCCCCCC. The molecule has 0 saturated heterocycles. The number of unbranched alkanes of at least 4 members (excludes halogenated alkanes) is 33. The molecular formula is C62H110O6. The molecule has 0 fully saturated rings. The Morgan fingerprint density at radius 3 is 1.00 bits per heavy atom. The van der Waals surface area contributed by atoms with E-state index in [1.807, 2.05) is 0 Å². The van der Waals surface area contributed by atoms with Gasteiger partial charge in [-0.25, -0.2) is 0 Å². The van der Waals surface area contributed by atoms with E-state index in [1.165, 1.54) is 154 Å². The average molecular weight is 952 g/mol. The van der Waals surface area contributed by atoms with Crippen molar-refractivity contribution in [2.24, 2.45) is 0 Å². The van der Waals surface area contributed by atoms with Gasteiger partial charge in [0.15, 0.2) is 6.10 Å². The van der Waals surface area contributed by atoms with Gasteiger partial charge in [-0.1, -0.05) is 261 Å². The molecule has 6 nitrogen and oxygen atoms in total. The number of carbonyl (C=O) groups excluding carboxylic acids is 3. The maximum Gasteiger partial charge on any atom is 0.306 e. The van der Waals surface area contributed by atoms with Crippen LogP contribution in [0.15, 0.2) is 60.8 Å². The number of ether oxygens (including phenoxy) is 3. The lowest BCUT2D eigenvalue weighted by Gasteiger charge is -2.18. The van der Waals surface area contributed by atoms with Crippen molar-refractivity contribution in [3.63, 3.8) is 0 Å². The topological polar surface area (TPSA) is 78.9 Å². The molecule has 0 aliphatic rings. The first kappa shape index (κ1) is 65.1.